The molecule has 1 heterocycles. The van der Waals surface area contributed by atoms with E-state index in [9.17, 15) is 4.79 Å². The van der Waals surface area contributed by atoms with Gasteiger partial charge >= 0.3 is 0 Å². The quantitative estimate of drug-likeness (QED) is 0.772. The summed E-state index contributed by atoms with van der Waals surface area (Å²) in [5.41, 5.74) is 0. The molecule has 1 N–H and O–H groups in total. The summed E-state index contributed by atoms with van der Waals surface area (Å²) in [6.07, 6.45) is 3.55. The van der Waals surface area contributed by atoms with Crippen molar-refractivity contribution in [3.63, 3.8) is 0 Å². The van der Waals surface area contributed by atoms with Crippen molar-refractivity contribution in [2.75, 3.05) is 13.2 Å². The fraction of sp³-hybridized carbons (Fsp3) is 0.625. The van der Waals surface area contributed by atoms with Crippen LogP contribution in [-0.2, 0) is 0 Å². The highest BCUT2D eigenvalue weighted by Gasteiger charge is 2.33. The molecule has 0 aliphatic heterocycles. The van der Waals surface area contributed by atoms with E-state index in [2.05, 4.69) is 9.59 Å². The molecule has 2 rings (SSSR count). The lowest BCUT2D eigenvalue weighted by Gasteiger charge is -2.19. The van der Waals surface area contributed by atoms with Crippen molar-refractivity contribution in [3.8, 4) is 0 Å². The Morgan fingerprint density at radius 2 is 2.50 bits per heavy atom. The molecule has 14 heavy (non-hydrogen) atoms. The Hall–Kier alpha value is -1.01. The van der Waals surface area contributed by atoms with Crippen molar-refractivity contribution in [2.45, 2.75) is 18.9 Å². The SMILES string of the molecule is O=C(c1cnns1)N(CCO)C1CC1. The Kier molecular flexibility index (Phi) is 2.74. The first-order valence-corrected chi connectivity index (χ1v) is 5.29. The smallest absolute Gasteiger partial charge is 0.267 e. The molecule has 0 unspecified atom stereocenters. The number of hydrogen-bond acceptors (Lipinski definition) is 5. The second-order valence-corrected chi connectivity index (χ2v) is 4.02. The number of carbonyl (C=O) groups is 1. The Morgan fingerprint density at radius 3 is 3.00 bits per heavy atom. The van der Waals surface area contributed by atoms with Crippen LogP contribution in [0.15, 0.2) is 6.20 Å². The molecule has 5 nitrogen and oxygen atoms in total. The van der Waals surface area contributed by atoms with E-state index in [1.807, 2.05) is 0 Å². The summed E-state index contributed by atoms with van der Waals surface area (Å²) in [7, 11) is 0. The van der Waals surface area contributed by atoms with Gasteiger partial charge in [-0.25, -0.2) is 0 Å². The van der Waals surface area contributed by atoms with Crippen molar-refractivity contribution in [2.24, 2.45) is 0 Å². The summed E-state index contributed by atoms with van der Waals surface area (Å²) in [6, 6.07) is 0.316. The third kappa shape index (κ3) is 1.91. The van der Waals surface area contributed by atoms with Gasteiger partial charge in [0.15, 0.2) is 0 Å². The van der Waals surface area contributed by atoms with Gasteiger partial charge in [-0.2, -0.15) is 0 Å². The first kappa shape index (κ1) is 9.54. The van der Waals surface area contributed by atoms with Gasteiger partial charge in [-0.05, 0) is 24.4 Å². The van der Waals surface area contributed by atoms with Gasteiger partial charge in [0.05, 0.1) is 12.8 Å². The van der Waals surface area contributed by atoms with Crippen LogP contribution in [0.3, 0.4) is 0 Å². The van der Waals surface area contributed by atoms with Crippen LogP contribution in [0.1, 0.15) is 22.5 Å². The highest BCUT2D eigenvalue weighted by atomic mass is 32.1. The number of hydrogen-bond donors (Lipinski definition) is 1. The van der Waals surface area contributed by atoms with E-state index in [1.54, 1.807) is 4.90 Å². The van der Waals surface area contributed by atoms with Crippen molar-refractivity contribution < 1.29 is 9.90 Å². The van der Waals surface area contributed by atoms with Crippen LogP contribution in [0.25, 0.3) is 0 Å². The van der Waals surface area contributed by atoms with Crippen LogP contribution in [0.4, 0.5) is 0 Å². The summed E-state index contributed by atoms with van der Waals surface area (Å²) in [5, 5.41) is 12.5. The van der Waals surface area contributed by atoms with Gasteiger partial charge in [0.1, 0.15) is 4.88 Å². The molecule has 1 aliphatic rings. The molecule has 76 valence electrons. The van der Waals surface area contributed by atoms with Gasteiger partial charge in [-0.3, -0.25) is 4.79 Å². The molecule has 1 saturated carbocycles. The Bertz CT molecular complexity index is 310. The summed E-state index contributed by atoms with van der Waals surface area (Å²) in [6.45, 7) is 0.413. The third-order valence-corrected chi connectivity index (χ3v) is 2.81. The van der Waals surface area contributed by atoms with Crippen molar-refractivity contribution >= 4 is 17.4 Å². The molecular weight excluding hydrogens is 202 g/mol. The summed E-state index contributed by atoms with van der Waals surface area (Å²) >= 11 is 1.10. The lowest BCUT2D eigenvalue weighted by atomic mass is 10.4. The predicted octanol–water partition coefficient (Wildman–Crippen LogP) is 0.135. The number of nitrogens with zero attached hydrogens (tertiary/aromatic N) is 3. The maximum absolute atomic E-state index is 11.8. The molecule has 1 aromatic heterocycles. The van der Waals surface area contributed by atoms with E-state index < -0.39 is 0 Å². The van der Waals surface area contributed by atoms with Gasteiger partial charge < -0.3 is 10.0 Å². The highest BCUT2D eigenvalue weighted by Crippen LogP contribution is 2.28. The van der Waals surface area contributed by atoms with Gasteiger partial charge in [-0.15, -0.1) is 5.10 Å². The zero-order valence-corrected chi connectivity index (χ0v) is 8.40. The van der Waals surface area contributed by atoms with Gasteiger partial charge in [0.2, 0.25) is 0 Å². The van der Waals surface area contributed by atoms with Crippen LogP contribution in [-0.4, -0.2) is 44.7 Å². The molecular formula is C8H11N3O2S. The summed E-state index contributed by atoms with van der Waals surface area (Å²) in [4.78, 5) is 14.1. The van der Waals surface area contributed by atoms with Crippen LogP contribution in [0, 0.1) is 0 Å². The average molecular weight is 213 g/mol. The predicted molar refractivity (Wildman–Crippen MR) is 51.1 cm³/mol. The van der Waals surface area contributed by atoms with E-state index in [4.69, 9.17) is 5.11 Å². The Morgan fingerprint density at radius 1 is 1.71 bits per heavy atom. The van der Waals surface area contributed by atoms with Crippen LogP contribution in [0.5, 0.6) is 0 Å². The third-order valence-electron chi connectivity index (χ3n) is 2.16. The fourth-order valence-corrected chi connectivity index (χ4v) is 1.82. The van der Waals surface area contributed by atoms with Crippen LogP contribution in [0.2, 0.25) is 0 Å². The van der Waals surface area contributed by atoms with Gasteiger partial charge in [-0.1, -0.05) is 4.49 Å². The molecule has 1 amide bonds. The number of aromatic nitrogens is 2. The lowest BCUT2D eigenvalue weighted by Crippen LogP contribution is -2.35. The van der Waals surface area contributed by atoms with Crippen molar-refractivity contribution in [3.05, 3.63) is 11.1 Å². The second kappa shape index (κ2) is 4.02. The molecule has 6 heteroatoms. The van der Waals surface area contributed by atoms with Gasteiger partial charge in [0.25, 0.3) is 5.91 Å². The zero-order chi connectivity index (χ0) is 9.97. The average Bonchev–Trinajstić information content (AvgIpc) is 2.88. The fourth-order valence-electron chi connectivity index (χ4n) is 1.35. The molecule has 0 radical (unpaired) electrons. The van der Waals surface area contributed by atoms with Gasteiger partial charge in [0, 0.05) is 12.6 Å². The molecule has 0 aromatic carbocycles. The number of amides is 1. The number of aliphatic hydroxyl groups is 1. The molecule has 1 aliphatic carbocycles. The lowest BCUT2D eigenvalue weighted by molar-refractivity contribution is 0.0712. The number of carbonyl (C=O) groups excluding carboxylic acids is 1. The second-order valence-electron chi connectivity index (χ2n) is 3.24. The van der Waals surface area contributed by atoms with E-state index in [1.165, 1.54) is 6.20 Å². The maximum atomic E-state index is 11.8. The first-order chi connectivity index (χ1) is 6.83. The van der Waals surface area contributed by atoms with E-state index in [-0.39, 0.29) is 12.5 Å². The molecule has 1 aromatic rings. The van der Waals surface area contributed by atoms with E-state index in [0.717, 1.165) is 24.4 Å². The molecule has 1 fully saturated rings. The molecule has 0 atom stereocenters. The monoisotopic (exact) mass is 213 g/mol. The summed E-state index contributed by atoms with van der Waals surface area (Å²) < 4.78 is 3.65. The van der Waals surface area contributed by atoms with Crippen molar-refractivity contribution in [1.29, 1.82) is 0 Å². The Balaban J connectivity index is 2.07. The molecule has 0 spiro atoms. The molecule has 0 saturated heterocycles. The largest absolute Gasteiger partial charge is 0.395 e. The summed E-state index contributed by atoms with van der Waals surface area (Å²) in [5.74, 6) is -0.0587. The zero-order valence-electron chi connectivity index (χ0n) is 7.59. The Labute approximate surface area is 85.5 Å². The normalized spacial score (nSPS) is 15.5. The highest BCUT2D eigenvalue weighted by molar-refractivity contribution is 7.07. The van der Waals surface area contributed by atoms with Crippen LogP contribution < -0.4 is 0 Å². The standard InChI is InChI=1S/C8H11N3O2S/c12-4-3-11(6-1-2-6)8(13)7-5-9-10-14-7/h5-6,12H,1-4H2. The first-order valence-electron chi connectivity index (χ1n) is 4.52. The minimum Gasteiger partial charge on any atom is -0.395 e. The minimum atomic E-state index is -0.0587. The number of rotatable bonds is 4. The van der Waals surface area contributed by atoms with Crippen LogP contribution >= 0.6 is 11.5 Å². The number of aliphatic hydroxyl groups excluding tert-OH is 1. The topological polar surface area (TPSA) is 66.3 Å². The van der Waals surface area contributed by atoms with E-state index in [0.29, 0.717) is 17.5 Å². The minimum absolute atomic E-state index is 0.00841. The van der Waals surface area contributed by atoms with E-state index >= 15 is 0 Å². The van der Waals surface area contributed by atoms with Crippen molar-refractivity contribution in [1.82, 2.24) is 14.5 Å². The molecule has 0 bridgehead atoms. The maximum Gasteiger partial charge on any atom is 0.267 e.